The van der Waals surface area contributed by atoms with Gasteiger partial charge in [-0.3, -0.25) is 14.3 Å². The number of ether oxygens (including phenoxy) is 1. The first kappa shape index (κ1) is 16.1. The fourth-order valence-electron chi connectivity index (χ4n) is 2.08. The van der Waals surface area contributed by atoms with E-state index in [1.54, 1.807) is 0 Å². The van der Waals surface area contributed by atoms with Crippen molar-refractivity contribution >= 4 is 12.0 Å². The normalized spacial score (nSPS) is 28.3. The molecule has 0 spiro atoms. The molecule has 0 aliphatic carbocycles. The third-order valence-electron chi connectivity index (χ3n) is 3.19. The molecule has 0 saturated carbocycles. The highest BCUT2D eigenvalue weighted by Crippen LogP contribution is 2.27. The van der Waals surface area contributed by atoms with Gasteiger partial charge in [-0.25, -0.2) is 9.59 Å². The third-order valence-corrected chi connectivity index (χ3v) is 3.19. The highest BCUT2D eigenvalue weighted by atomic mass is 16.6. The highest BCUT2D eigenvalue weighted by Gasteiger charge is 2.43. The predicted molar refractivity (Wildman–Crippen MR) is 71.0 cm³/mol. The second-order valence-corrected chi connectivity index (χ2v) is 4.65. The molecule has 120 valence electrons. The van der Waals surface area contributed by atoms with Crippen LogP contribution in [-0.2, 0) is 9.53 Å². The van der Waals surface area contributed by atoms with Crippen LogP contribution in [0.25, 0.3) is 6.08 Å². The number of rotatable bonds is 4. The number of aliphatic hydroxyl groups is 3. The van der Waals surface area contributed by atoms with E-state index >= 15 is 0 Å². The summed E-state index contributed by atoms with van der Waals surface area (Å²) in [5.41, 5.74) is -1.88. The minimum atomic E-state index is -1.50. The van der Waals surface area contributed by atoms with Gasteiger partial charge >= 0.3 is 11.7 Å². The van der Waals surface area contributed by atoms with Crippen LogP contribution in [0.2, 0.25) is 0 Å². The van der Waals surface area contributed by atoms with Crippen LogP contribution in [0.4, 0.5) is 0 Å². The number of hydrogen-bond donors (Lipinski definition) is 5. The van der Waals surface area contributed by atoms with Crippen LogP contribution in [0.15, 0.2) is 21.9 Å². The smallest absolute Gasteiger partial charge is 0.330 e. The molecule has 1 fully saturated rings. The van der Waals surface area contributed by atoms with Crippen molar-refractivity contribution in [3.63, 3.8) is 0 Å². The van der Waals surface area contributed by atoms with E-state index in [1.807, 2.05) is 4.98 Å². The van der Waals surface area contributed by atoms with Gasteiger partial charge < -0.3 is 25.2 Å². The van der Waals surface area contributed by atoms with Crippen LogP contribution in [0, 0.1) is 0 Å². The van der Waals surface area contributed by atoms with Crippen LogP contribution in [0.5, 0.6) is 0 Å². The zero-order chi connectivity index (χ0) is 16.4. The summed E-state index contributed by atoms with van der Waals surface area (Å²) in [7, 11) is 0. The molecule has 1 aromatic rings. The lowest BCUT2D eigenvalue weighted by molar-refractivity contribution is -0.131. The lowest BCUT2D eigenvalue weighted by Crippen LogP contribution is -2.38. The van der Waals surface area contributed by atoms with Crippen molar-refractivity contribution in [2.75, 3.05) is 6.61 Å². The molecule has 22 heavy (non-hydrogen) atoms. The Kier molecular flexibility index (Phi) is 4.56. The molecule has 2 rings (SSSR count). The first-order valence-corrected chi connectivity index (χ1v) is 6.24. The molecule has 5 N–H and O–H groups in total. The second-order valence-electron chi connectivity index (χ2n) is 4.65. The number of carboxylic acids is 1. The van der Waals surface area contributed by atoms with Gasteiger partial charge in [0.2, 0.25) is 0 Å². The maximum Gasteiger partial charge on any atom is 0.330 e. The summed E-state index contributed by atoms with van der Waals surface area (Å²) < 4.78 is 5.98. The number of aliphatic hydroxyl groups excluding tert-OH is 3. The van der Waals surface area contributed by atoms with E-state index < -0.39 is 48.4 Å². The number of nitrogens with zero attached hydrogens (tertiary/aromatic N) is 1. The number of aromatic nitrogens is 2. The number of aromatic amines is 1. The Labute approximate surface area is 122 Å². The standard InChI is InChI=1S/C12H14N2O8/c15-4-6-8(18)9(19)11(22-6)14-3-5(1-2-7(16)17)10(20)13-12(14)21/h1-3,6,8-9,11,15,18-19H,4H2,(H,16,17)(H,13,20,21)/t6-,8-,9-,11-/m1/s1. The summed E-state index contributed by atoms with van der Waals surface area (Å²) in [6.45, 7) is -0.571. The van der Waals surface area contributed by atoms with Crippen molar-refractivity contribution in [3.05, 3.63) is 38.7 Å². The Balaban J connectivity index is 2.44. The zero-order valence-electron chi connectivity index (χ0n) is 11.1. The topological polar surface area (TPSA) is 162 Å². The molecule has 0 bridgehead atoms. The van der Waals surface area contributed by atoms with Crippen molar-refractivity contribution in [1.82, 2.24) is 9.55 Å². The van der Waals surface area contributed by atoms with Gasteiger partial charge in [0.15, 0.2) is 6.23 Å². The lowest BCUT2D eigenvalue weighted by atomic mass is 10.1. The number of hydrogen-bond acceptors (Lipinski definition) is 7. The quantitative estimate of drug-likeness (QED) is 0.373. The third kappa shape index (κ3) is 2.99. The minimum Gasteiger partial charge on any atom is -0.478 e. The molecule has 1 saturated heterocycles. The minimum absolute atomic E-state index is 0.153. The van der Waals surface area contributed by atoms with Crippen LogP contribution >= 0.6 is 0 Å². The summed E-state index contributed by atoms with van der Waals surface area (Å²) in [6, 6.07) is 0. The molecule has 1 aromatic heterocycles. The summed E-state index contributed by atoms with van der Waals surface area (Å²) in [6.07, 6.45) is -2.65. The van der Waals surface area contributed by atoms with Gasteiger partial charge in [-0.1, -0.05) is 0 Å². The fourth-order valence-corrected chi connectivity index (χ4v) is 2.08. The maximum atomic E-state index is 11.8. The van der Waals surface area contributed by atoms with Crippen molar-refractivity contribution in [2.45, 2.75) is 24.5 Å². The molecular formula is C12H14N2O8. The first-order chi connectivity index (χ1) is 10.3. The average molecular weight is 314 g/mol. The number of nitrogens with one attached hydrogen (secondary N) is 1. The number of aliphatic carboxylic acids is 1. The fraction of sp³-hybridized carbons (Fsp3) is 0.417. The summed E-state index contributed by atoms with van der Waals surface area (Å²) >= 11 is 0. The van der Waals surface area contributed by atoms with Gasteiger partial charge in [0, 0.05) is 12.3 Å². The lowest BCUT2D eigenvalue weighted by Gasteiger charge is -2.17. The Hall–Kier alpha value is -2.27. The Morgan fingerprint density at radius 2 is 2.05 bits per heavy atom. The number of carboxylic acid groups (broad SMARTS) is 1. The predicted octanol–water partition coefficient (Wildman–Crippen LogP) is -2.75. The van der Waals surface area contributed by atoms with Crippen LogP contribution in [0.1, 0.15) is 11.8 Å². The molecule has 1 aliphatic rings. The van der Waals surface area contributed by atoms with E-state index in [0.717, 1.165) is 16.8 Å². The maximum absolute atomic E-state index is 11.8. The van der Waals surface area contributed by atoms with Crippen molar-refractivity contribution in [3.8, 4) is 0 Å². The zero-order valence-corrected chi connectivity index (χ0v) is 11.1. The van der Waals surface area contributed by atoms with Gasteiger partial charge in [0.25, 0.3) is 5.56 Å². The largest absolute Gasteiger partial charge is 0.478 e. The van der Waals surface area contributed by atoms with E-state index in [4.69, 9.17) is 14.9 Å². The molecule has 10 nitrogen and oxygen atoms in total. The average Bonchev–Trinajstić information content (AvgIpc) is 2.74. The van der Waals surface area contributed by atoms with E-state index in [9.17, 15) is 24.6 Å². The van der Waals surface area contributed by atoms with Gasteiger partial charge in [-0.15, -0.1) is 0 Å². The van der Waals surface area contributed by atoms with Gasteiger partial charge in [0.05, 0.1) is 12.2 Å². The number of carbonyl (C=O) groups is 1. The molecule has 0 unspecified atom stereocenters. The van der Waals surface area contributed by atoms with Crippen LogP contribution in [0.3, 0.4) is 0 Å². The van der Waals surface area contributed by atoms with Gasteiger partial charge in [0.1, 0.15) is 18.3 Å². The molecule has 2 heterocycles. The van der Waals surface area contributed by atoms with Crippen molar-refractivity contribution in [1.29, 1.82) is 0 Å². The van der Waals surface area contributed by atoms with Crippen LogP contribution < -0.4 is 11.2 Å². The van der Waals surface area contributed by atoms with Crippen LogP contribution in [-0.4, -0.2) is 60.9 Å². The Bertz CT molecular complexity index is 706. The monoisotopic (exact) mass is 314 g/mol. The SMILES string of the molecule is O=C(O)C=Cc1cn([C@@H]2O[C@H](CO)[C@@H](O)[C@H]2O)c(=O)[nH]c1=O. The molecule has 1 aliphatic heterocycles. The Morgan fingerprint density at radius 3 is 2.59 bits per heavy atom. The molecule has 0 aromatic carbocycles. The van der Waals surface area contributed by atoms with Gasteiger partial charge in [-0.2, -0.15) is 0 Å². The van der Waals surface area contributed by atoms with E-state index in [-0.39, 0.29) is 5.56 Å². The van der Waals surface area contributed by atoms with Gasteiger partial charge in [-0.05, 0) is 6.08 Å². The van der Waals surface area contributed by atoms with E-state index in [1.165, 1.54) is 0 Å². The van der Waals surface area contributed by atoms with E-state index in [0.29, 0.717) is 6.08 Å². The summed E-state index contributed by atoms with van der Waals surface area (Å²) in [5, 5.41) is 37.1. The number of H-pyrrole nitrogens is 1. The molecule has 0 amide bonds. The highest BCUT2D eigenvalue weighted by molar-refractivity contribution is 5.85. The second kappa shape index (κ2) is 6.23. The molecule has 10 heteroatoms. The van der Waals surface area contributed by atoms with E-state index in [2.05, 4.69) is 0 Å². The molecule has 4 atom stereocenters. The first-order valence-electron chi connectivity index (χ1n) is 6.24. The van der Waals surface area contributed by atoms with Crippen molar-refractivity contribution < 1.29 is 30.0 Å². The summed E-state index contributed by atoms with van der Waals surface area (Å²) in [5.74, 6) is -1.29. The van der Waals surface area contributed by atoms with Crippen molar-refractivity contribution in [2.24, 2.45) is 0 Å². The molecule has 0 radical (unpaired) electrons. The Morgan fingerprint density at radius 1 is 1.36 bits per heavy atom. The molecular weight excluding hydrogens is 300 g/mol. The summed E-state index contributed by atoms with van der Waals surface area (Å²) in [4.78, 5) is 35.8.